The van der Waals surface area contributed by atoms with E-state index in [0.29, 0.717) is 0 Å². The van der Waals surface area contributed by atoms with E-state index in [-0.39, 0.29) is 29.3 Å². The molecule has 0 aromatic rings. The van der Waals surface area contributed by atoms with Crippen molar-refractivity contribution in [2.75, 3.05) is 0 Å². The third-order valence-electron chi connectivity index (χ3n) is 1.78. The molecule has 0 aliphatic carbocycles. The zero-order chi connectivity index (χ0) is 5.98. The van der Waals surface area contributed by atoms with Gasteiger partial charge in [0, 0.05) is 0 Å². The van der Waals surface area contributed by atoms with Crippen molar-refractivity contribution in [3.05, 3.63) is 0 Å². The topological polar surface area (TPSA) is 46.2 Å². The van der Waals surface area contributed by atoms with E-state index in [9.17, 15) is 0 Å². The maximum absolute atomic E-state index is 9.10. The zero-order valence-corrected chi connectivity index (χ0v) is 7.97. The van der Waals surface area contributed by atoms with Gasteiger partial charge in [-0.25, -0.2) is 0 Å². The summed E-state index contributed by atoms with van der Waals surface area (Å²) in [5, 5.41) is 11.6. The van der Waals surface area contributed by atoms with Crippen LogP contribution in [0.25, 0.3) is 0 Å². The Bertz CT molecular complexity index is 68.8. The van der Waals surface area contributed by atoms with Crippen LogP contribution in [0.1, 0.15) is 6.42 Å². The van der Waals surface area contributed by atoms with Crippen LogP contribution in [0.15, 0.2) is 0 Å². The average Bonchev–Trinajstić information content (AvgIpc) is 1.77. The van der Waals surface area contributed by atoms with Crippen LogP contribution in [0.4, 0.5) is 0 Å². The van der Waals surface area contributed by atoms with Crippen LogP contribution >= 0.6 is 0 Å². The molecule has 1 saturated heterocycles. The first-order valence-corrected chi connectivity index (χ1v) is 7.44. The van der Waals surface area contributed by atoms with Gasteiger partial charge in [0.2, 0.25) is 0 Å². The summed E-state index contributed by atoms with van der Waals surface area (Å²) in [6, 6.07) is 0.106. The van der Waals surface area contributed by atoms with Crippen molar-refractivity contribution in [2.24, 2.45) is 5.73 Å². The molecule has 44 valence electrons. The standard InChI is InChI=1S/C5H11NO.Zn/c1-3-5(6)4(2)7;/h4-5,7H,1-3,6H2;/t4-,5-;/m1./s1. The zero-order valence-electron chi connectivity index (χ0n) is 5.01. The first-order valence-electron chi connectivity index (χ1n) is 3.24. The van der Waals surface area contributed by atoms with Crippen molar-refractivity contribution in [2.45, 2.75) is 28.6 Å². The second-order valence-corrected chi connectivity index (χ2v) is 6.69. The molecule has 0 radical (unpaired) electrons. The van der Waals surface area contributed by atoms with Gasteiger partial charge in [-0.05, 0) is 0 Å². The van der Waals surface area contributed by atoms with Crippen LogP contribution in [0.3, 0.4) is 0 Å². The van der Waals surface area contributed by atoms with Gasteiger partial charge < -0.3 is 0 Å². The Morgan fingerprint density at radius 3 is 2.75 bits per heavy atom. The Morgan fingerprint density at radius 1 is 1.62 bits per heavy atom. The fraction of sp³-hybridized carbons (Fsp3) is 1.00. The van der Waals surface area contributed by atoms with Gasteiger partial charge in [0.25, 0.3) is 0 Å². The summed E-state index contributed by atoms with van der Waals surface area (Å²) < 4.78 is 0. The quantitative estimate of drug-likeness (QED) is 0.498. The van der Waals surface area contributed by atoms with Crippen LogP contribution in [0.5, 0.6) is 0 Å². The van der Waals surface area contributed by atoms with E-state index >= 15 is 0 Å². The van der Waals surface area contributed by atoms with E-state index in [2.05, 4.69) is 0 Å². The molecule has 3 heteroatoms. The number of aliphatic hydroxyl groups is 1. The van der Waals surface area contributed by atoms with Gasteiger partial charge >= 0.3 is 56.6 Å². The Hall–Kier alpha value is 0.543. The summed E-state index contributed by atoms with van der Waals surface area (Å²) in [6.07, 6.45) is 0.949. The van der Waals surface area contributed by atoms with E-state index in [1.807, 2.05) is 0 Å². The van der Waals surface area contributed by atoms with Gasteiger partial charge in [-0.1, -0.05) is 0 Å². The summed E-state index contributed by atoms with van der Waals surface area (Å²) in [5.41, 5.74) is 5.56. The summed E-state index contributed by atoms with van der Waals surface area (Å²) in [6.45, 7) is 0. The molecular formula is C5H11NOZn. The first-order chi connectivity index (χ1) is 3.80. The summed E-state index contributed by atoms with van der Waals surface area (Å²) >= 11 is -0.268. The molecule has 2 nitrogen and oxygen atoms in total. The molecule has 0 saturated carbocycles. The molecular weight excluding hydrogens is 155 g/mol. The van der Waals surface area contributed by atoms with Crippen LogP contribution in [0.2, 0.25) is 10.0 Å². The van der Waals surface area contributed by atoms with E-state index in [1.165, 1.54) is 5.02 Å². The number of aliphatic hydroxyl groups excluding tert-OH is 1. The SMILES string of the molecule is N[C@@H]1C[CH2][Zn][CH2][C@H]1O. The van der Waals surface area contributed by atoms with Crippen LogP contribution in [-0.2, 0) is 17.1 Å². The Kier molecular flexibility index (Phi) is 2.42. The van der Waals surface area contributed by atoms with Crippen LogP contribution < -0.4 is 5.73 Å². The Labute approximate surface area is 57.0 Å². The molecule has 2 atom stereocenters. The monoisotopic (exact) mass is 165 g/mol. The van der Waals surface area contributed by atoms with Crippen molar-refractivity contribution < 1.29 is 22.2 Å². The molecule has 1 heterocycles. The van der Waals surface area contributed by atoms with Crippen molar-refractivity contribution in [3.8, 4) is 0 Å². The number of hydrogen-bond donors (Lipinski definition) is 2. The van der Waals surface area contributed by atoms with E-state index in [1.54, 1.807) is 0 Å². The summed E-state index contributed by atoms with van der Waals surface area (Å²) in [5.74, 6) is 0. The number of hydrogen-bond acceptors (Lipinski definition) is 2. The number of nitrogens with two attached hydrogens (primary N) is 1. The molecule has 1 aliphatic rings. The van der Waals surface area contributed by atoms with Crippen molar-refractivity contribution in [1.29, 1.82) is 0 Å². The fourth-order valence-corrected chi connectivity index (χ4v) is 5.12. The Morgan fingerprint density at radius 2 is 2.38 bits per heavy atom. The summed E-state index contributed by atoms with van der Waals surface area (Å²) in [4.78, 5) is 0. The van der Waals surface area contributed by atoms with Crippen molar-refractivity contribution in [1.82, 2.24) is 0 Å². The third-order valence-corrected chi connectivity index (χ3v) is 5.78. The van der Waals surface area contributed by atoms with Crippen molar-refractivity contribution >= 4 is 0 Å². The molecule has 3 N–H and O–H groups in total. The molecule has 8 heavy (non-hydrogen) atoms. The molecule has 0 bridgehead atoms. The summed E-state index contributed by atoms with van der Waals surface area (Å²) in [7, 11) is 0. The Balaban J connectivity index is 2.28. The minimum atomic E-state index is -0.268. The molecule has 0 aromatic carbocycles. The van der Waals surface area contributed by atoms with Gasteiger partial charge in [0.15, 0.2) is 0 Å². The second kappa shape index (κ2) is 2.91. The predicted molar refractivity (Wildman–Crippen MR) is 28.2 cm³/mol. The van der Waals surface area contributed by atoms with Crippen molar-refractivity contribution in [3.63, 3.8) is 0 Å². The molecule has 0 aromatic heterocycles. The molecule has 0 unspecified atom stereocenters. The van der Waals surface area contributed by atoms with E-state index in [4.69, 9.17) is 10.8 Å². The van der Waals surface area contributed by atoms with E-state index < -0.39 is 0 Å². The van der Waals surface area contributed by atoms with Crippen LogP contribution in [0, 0.1) is 0 Å². The predicted octanol–water partition coefficient (Wildman–Crippen LogP) is -0.00260. The molecule has 1 fully saturated rings. The minimum absolute atomic E-state index is 0.106. The molecule has 0 spiro atoms. The van der Waals surface area contributed by atoms with Gasteiger partial charge in [0.05, 0.1) is 0 Å². The fourth-order valence-electron chi connectivity index (χ4n) is 1.14. The second-order valence-electron chi connectivity index (χ2n) is 2.52. The molecule has 0 amide bonds. The normalized spacial score (nSPS) is 37.8. The van der Waals surface area contributed by atoms with Gasteiger partial charge in [-0.15, -0.1) is 0 Å². The first kappa shape index (κ1) is 6.66. The van der Waals surface area contributed by atoms with Gasteiger partial charge in [0.1, 0.15) is 0 Å². The average molecular weight is 167 g/mol. The van der Waals surface area contributed by atoms with E-state index in [0.717, 1.165) is 11.4 Å². The number of rotatable bonds is 0. The molecule has 1 aliphatic heterocycles. The third kappa shape index (κ3) is 1.51. The van der Waals surface area contributed by atoms with Gasteiger partial charge in [-0.2, -0.15) is 0 Å². The van der Waals surface area contributed by atoms with Crippen LogP contribution in [-0.4, -0.2) is 17.3 Å². The van der Waals surface area contributed by atoms with Gasteiger partial charge in [-0.3, -0.25) is 0 Å². The molecule has 1 rings (SSSR count). The maximum atomic E-state index is 9.10.